The Labute approximate surface area is 138 Å². The number of aryl methyl sites for hydroxylation is 1. The van der Waals surface area contributed by atoms with Crippen LogP contribution in [0.5, 0.6) is 0 Å². The third-order valence-electron chi connectivity index (χ3n) is 5.61. The van der Waals surface area contributed by atoms with Crippen LogP contribution in [0.2, 0.25) is 0 Å². The predicted octanol–water partition coefficient (Wildman–Crippen LogP) is 3.63. The minimum Gasteiger partial charge on any atom is -0.355 e. The molecule has 5 nitrogen and oxygen atoms in total. The Morgan fingerprint density at radius 2 is 2.35 bits per heavy atom. The van der Waals surface area contributed by atoms with E-state index in [4.69, 9.17) is 0 Å². The molecule has 4 heterocycles. The minimum atomic E-state index is 0.547. The molecular weight excluding hydrogens is 306 g/mol. The maximum absolute atomic E-state index is 4.65. The maximum atomic E-state index is 4.65. The molecule has 118 valence electrons. The van der Waals surface area contributed by atoms with E-state index in [0.717, 1.165) is 52.1 Å². The van der Waals surface area contributed by atoms with Crippen molar-refractivity contribution in [1.29, 1.82) is 0 Å². The first-order valence-electron chi connectivity index (χ1n) is 8.20. The van der Waals surface area contributed by atoms with E-state index in [-0.39, 0.29) is 0 Å². The molecule has 2 atom stereocenters. The largest absolute Gasteiger partial charge is 0.355 e. The summed E-state index contributed by atoms with van der Waals surface area (Å²) in [6.07, 6.45) is 6.36. The highest BCUT2D eigenvalue weighted by atomic mass is 32.1. The van der Waals surface area contributed by atoms with Crippen LogP contribution in [0.15, 0.2) is 17.9 Å². The molecule has 3 aromatic heterocycles. The lowest BCUT2D eigenvalue weighted by Crippen LogP contribution is -2.25. The summed E-state index contributed by atoms with van der Waals surface area (Å²) in [4.78, 5) is 19.5. The van der Waals surface area contributed by atoms with Crippen molar-refractivity contribution in [2.75, 3.05) is 18.0 Å². The molecule has 5 rings (SSSR count). The van der Waals surface area contributed by atoms with Crippen LogP contribution in [0.3, 0.4) is 0 Å². The fourth-order valence-corrected chi connectivity index (χ4v) is 4.95. The molecule has 3 aromatic rings. The zero-order valence-corrected chi connectivity index (χ0v) is 14.2. The van der Waals surface area contributed by atoms with E-state index < -0.39 is 0 Å². The summed E-state index contributed by atoms with van der Waals surface area (Å²) in [5.74, 6) is 1.92. The first-order valence-corrected chi connectivity index (χ1v) is 9.08. The monoisotopic (exact) mass is 325 g/mol. The number of nitrogens with one attached hydrogen (secondary N) is 1. The summed E-state index contributed by atoms with van der Waals surface area (Å²) in [5.41, 5.74) is 3.64. The maximum Gasteiger partial charge on any atom is 0.143 e. The summed E-state index contributed by atoms with van der Waals surface area (Å²) < 4.78 is 0. The van der Waals surface area contributed by atoms with Gasteiger partial charge in [-0.15, -0.1) is 11.3 Å². The highest BCUT2D eigenvalue weighted by Crippen LogP contribution is 2.60. The van der Waals surface area contributed by atoms with Crippen LogP contribution >= 0.6 is 11.3 Å². The predicted molar refractivity (Wildman–Crippen MR) is 92.8 cm³/mol. The number of H-pyrrole nitrogens is 1. The van der Waals surface area contributed by atoms with Gasteiger partial charge in [0.05, 0.1) is 5.39 Å². The quantitative estimate of drug-likeness (QED) is 0.799. The van der Waals surface area contributed by atoms with E-state index in [2.05, 4.69) is 37.1 Å². The topological polar surface area (TPSA) is 57.7 Å². The van der Waals surface area contributed by atoms with Gasteiger partial charge in [-0.05, 0) is 31.1 Å². The molecule has 2 fully saturated rings. The van der Waals surface area contributed by atoms with E-state index in [1.165, 1.54) is 12.8 Å². The van der Waals surface area contributed by atoms with Gasteiger partial charge in [-0.1, -0.05) is 6.92 Å². The van der Waals surface area contributed by atoms with Crippen molar-refractivity contribution in [2.45, 2.75) is 26.7 Å². The van der Waals surface area contributed by atoms with Gasteiger partial charge in [0.2, 0.25) is 0 Å². The second-order valence-electron chi connectivity index (χ2n) is 6.91. The smallest absolute Gasteiger partial charge is 0.143 e. The van der Waals surface area contributed by atoms with Gasteiger partial charge in [0.15, 0.2) is 0 Å². The van der Waals surface area contributed by atoms with E-state index in [0.29, 0.717) is 5.41 Å². The Morgan fingerprint density at radius 1 is 1.43 bits per heavy atom. The number of aromatic nitrogens is 4. The molecule has 1 saturated heterocycles. The highest BCUT2D eigenvalue weighted by Gasteiger charge is 2.58. The molecule has 2 aliphatic rings. The van der Waals surface area contributed by atoms with Crippen molar-refractivity contribution in [3.63, 3.8) is 0 Å². The Bertz CT molecular complexity index is 893. The van der Waals surface area contributed by atoms with E-state index in [1.807, 2.05) is 13.1 Å². The van der Waals surface area contributed by atoms with Crippen molar-refractivity contribution in [1.82, 2.24) is 19.9 Å². The van der Waals surface area contributed by atoms with Gasteiger partial charge in [0.25, 0.3) is 0 Å². The van der Waals surface area contributed by atoms with Crippen LogP contribution in [0, 0.1) is 18.3 Å². The molecule has 0 aromatic carbocycles. The number of anilines is 1. The first-order chi connectivity index (χ1) is 11.2. The average molecular weight is 325 g/mol. The Morgan fingerprint density at radius 3 is 3.09 bits per heavy atom. The average Bonchev–Trinajstić information content (AvgIpc) is 2.97. The number of hydrogen-bond donors (Lipinski definition) is 1. The lowest BCUT2D eigenvalue weighted by Gasteiger charge is -2.22. The Balaban J connectivity index is 1.63. The van der Waals surface area contributed by atoms with E-state index in [1.54, 1.807) is 17.7 Å². The molecule has 0 radical (unpaired) electrons. The summed E-state index contributed by atoms with van der Waals surface area (Å²) in [7, 11) is 0. The second-order valence-corrected chi connectivity index (χ2v) is 7.77. The number of hydrogen-bond acceptors (Lipinski definition) is 5. The van der Waals surface area contributed by atoms with Gasteiger partial charge >= 0.3 is 0 Å². The first kappa shape index (κ1) is 13.5. The van der Waals surface area contributed by atoms with Gasteiger partial charge in [-0.25, -0.2) is 15.0 Å². The van der Waals surface area contributed by atoms with Crippen molar-refractivity contribution >= 4 is 28.2 Å². The van der Waals surface area contributed by atoms with Crippen LogP contribution in [0.1, 0.15) is 25.5 Å². The number of thiazole rings is 1. The zero-order valence-electron chi connectivity index (χ0n) is 13.3. The number of piperidine rings is 1. The molecule has 0 amide bonds. The molecule has 1 saturated carbocycles. The third kappa shape index (κ3) is 1.87. The van der Waals surface area contributed by atoms with Crippen molar-refractivity contribution in [3.8, 4) is 10.6 Å². The second kappa shape index (κ2) is 4.54. The molecule has 2 unspecified atom stereocenters. The van der Waals surface area contributed by atoms with Crippen LogP contribution in [0.25, 0.3) is 21.6 Å². The third-order valence-corrected chi connectivity index (χ3v) is 6.60. The Kier molecular flexibility index (Phi) is 2.66. The minimum absolute atomic E-state index is 0.547. The number of fused-ring (bicyclic) bond motifs is 2. The molecule has 1 aliphatic heterocycles. The van der Waals surface area contributed by atoms with Gasteiger partial charge in [0, 0.05) is 35.9 Å². The van der Waals surface area contributed by atoms with E-state index >= 15 is 0 Å². The van der Waals surface area contributed by atoms with Crippen molar-refractivity contribution in [3.05, 3.63) is 23.6 Å². The molecule has 6 heteroatoms. The number of rotatable bonds is 3. The molecule has 23 heavy (non-hydrogen) atoms. The normalized spacial score (nSPS) is 26.0. The summed E-state index contributed by atoms with van der Waals surface area (Å²) in [5, 5.41) is 4.25. The summed E-state index contributed by atoms with van der Waals surface area (Å²) in [6, 6.07) is 0. The fraction of sp³-hybridized carbons (Fsp3) is 0.471. The summed E-state index contributed by atoms with van der Waals surface area (Å²) in [6.45, 7) is 6.60. The van der Waals surface area contributed by atoms with Crippen molar-refractivity contribution in [2.24, 2.45) is 11.3 Å². The Hall–Kier alpha value is -1.95. The lowest BCUT2D eigenvalue weighted by molar-refractivity contribution is 0.509. The van der Waals surface area contributed by atoms with Crippen LogP contribution in [-0.4, -0.2) is 33.0 Å². The van der Waals surface area contributed by atoms with Gasteiger partial charge in [-0.2, -0.15) is 0 Å². The van der Waals surface area contributed by atoms with E-state index in [9.17, 15) is 0 Å². The van der Waals surface area contributed by atoms with Gasteiger partial charge in [-0.3, -0.25) is 0 Å². The number of nitrogens with zero attached hydrogens (tertiary/aromatic N) is 4. The number of aromatic amines is 1. The van der Waals surface area contributed by atoms with Gasteiger partial charge in [0.1, 0.15) is 22.8 Å². The molecule has 0 spiro atoms. The lowest BCUT2D eigenvalue weighted by atomic mass is 10.0. The molecule has 1 aliphatic carbocycles. The molecule has 0 bridgehead atoms. The zero-order chi connectivity index (χ0) is 15.6. The van der Waals surface area contributed by atoms with Crippen molar-refractivity contribution < 1.29 is 0 Å². The SMILES string of the molecule is CCC12CC1CN(c1ncnc3[nH]cc(-c4nc(C)cs4)c13)C2. The van der Waals surface area contributed by atoms with Crippen LogP contribution in [-0.2, 0) is 0 Å². The standard InChI is InChI=1S/C17H19N5S/c1-3-17-4-11(17)6-22(8-17)15-13-12(16-21-10(2)7-23-16)5-18-14(13)19-9-20-15/h5,7,9,11H,3-4,6,8H2,1-2H3,(H,18,19,20). The summed E-state index contributed by atoms with van der Waals surface area (Å²) >= 11 is 1.68. The van der Waals surface area contributed by atoms with Gasteiger partial charge < -0.3 is 9.88 Å². The van der Waals surface area contributed by atoms with Crippen LogP contribution < -0.4 is 4.90 Å². The molecule has 1 N–H and O–H groups in total. The highest BCUT2D eigenvalue weighted by molar-refractivity contribution is 7.13. The van der Waals surface area contributed by atoms with Crippen LogP contribution in [0.4, 0.5) is 5.82 Å². The molecular formula is C17H19N5S. The fourth-order valence-electron chi connectivity index (χ4n) is 4.13.